The lowest BCUT2D eigenvalue weighted by Gasteiger charge is -2.12. The Kier molecular flexibility index (Phi) is 6.72. The van der Waals surface area contributed by atoms with Crippen LogP contribution in [0.5, 0.6) is 11.5 Å². The van der Waals surface area contributed by atoms with E-state index in [9.17, 15) is 14.0 Å². The van der Waals surface area contributed by atoms with E-state index >= 15 is 0 Å². The predicted octanol–water partition coefficient (Wildman–Crippen LogP) is 5.03. The number of ether oxygens (including phenoxy) is 2. The maximum Gasteiger partial charge on any atom is 0.293 e. The molecule has 1 fully saturated rings. The van der Waals surface area contributed by atoms with Crippen LogP contribution < -0.4 is 9.47 Å². The number of hydrogen-bond acceptors (Lipinski definition) is 5. The molecule has 0 atom stereocenters. The van der Waals surface area contributed by atoms with Crippen LogP contribution in [-0.4, -0.2) is 29.3 Å². The lowest BCUT2D eigenvalue weighted by molar-refractivity contribution is -0.123. The van der Waals surface area contributed by atoms with Crippen molar-refractivity contribution in [3.8, 4) is 11.5 Å². The molecule has 0 unspecified atom stereocenters. The van der Waals surface area contributed by atoms with Crippen molar-refractivity contribution in [1.29, 1.82) is 0 Å². The SMILES string of the molecule is C=CCOc1ccc(/C=C2/SC(=O)N(Cc3ccc(F)cc3)C2=O)cc1OCC. The molecule has 5 nitrogen and oxygen atoms in total. The minimum Gasteiger partial charge on any atom is -0.490 e. The summed E-state index contributed by atoms with van der Waals surface area (Å²) in [4.78, 5) is 26.4. The molecule has 0 radical (unpaired) electrons. The zero-order valence-corrected chi connectivity index (χ0v) is 16.7. The van der Waals surface area contributed by atoms with Gasteiger partial charge in [-0.1, -0.05) is 30.9 Å². The first-order valence-corrected chi connectivity index (χ1v) is 9.83. The molecule has 2 aromatic carbocycles. The van der Waals surface area contributed by atoms with Gasteiger partial charge in [0.05, 0.1) is 18.1 Å². The Hall–Kier alpha value is -3.06. The highest BCUT2D eigenvalue weighted by atomic mass is 32.2. The molecule has 0 saturated carbocycles. The van der Waals surface area contributed by atoms with Crippen molar-refractivity contribution >= 4 is 29.0 Å². The number of thioether (sulfide) groups is 1. The first-order chi connectivity index (χ1) is 14.0. The molecule has 7 heteroatoms. The highest BCUT2D eigenvalue weighted by Gasteiger charge is 2.35. The average molecular weight is 413 g/mol. The van der Waals surface area contributed by atoms with Crippen molar-refractivity contribution in [2.45, 2.75) is 13.5 Å². The van der Waals surface area contributed by atoms with Crippen LogP contribution in [0.4, 0.5) is 9.18 Å². The second kappa shape index (κ2) is 9.43. The van der Waals surface area contributed by atoms with E-state index in [0.29, 0.717) is 40.7 Å². The van der Waals surface area contributed by atoms with Crippen molar-refractivity contribution in [3.05, 3.63) is 77.0 Å². The summed E-state index contributed by atoms with van der Waals surface area (Å²) in [5, 5.41) is -0.360. The lowest BCUT2D eigenvalue weighted by atomic mass is 10.1. The van der Waals surface area contributed by atoms with E-state index in [1.54, 1.807) is 42.5 Å². The van der Waals surface area contributed by atoms with Crippen LogP contribution in [0.25, 0.3) is 6.08 Å². The van der Waals surface area contributed by atoms with Crippen LogP contribution in [0.2, 0.25) is 0 Å². The highest BCUT2D eigenvalue weighted by Crippen LogP contribution is 2.35. The summed E-state index contributed by atoms with van der Waals surface area (Å²) < 4.78 is 24.2. The first-order valence-electron chi connectivity index (χ1n) is 9.02. The summed E-state index contributed by atoms with van der Waals surface area (Å²) in [6, 6.07) is 11.0. The molecule has 1 aliphatic rings. The monoisotopic (exact) mass is 413 g/mol. The van der Waals surface area contributed by atoms with Crippen molar-refractivity contribution in [2.24, 2.45) is 0 Å². The summed E-state index contributed by atoms with van der Waals surface area (Å²) in [6.07, 6.45) is 3.29. The molecule has 0 spiro atoms. The number of rotatable bonds is 8. The molecular formula is C22H20FNO4S. The van der Waals surface area contributed by atoms with E-state index in [4.69, 9.17) is 9.47 Å². The fraction of sp³-hybridized carbons (Fsp3) is 0.182. The minimum absolute atomic E-state index is 0.0980. The Labute approximate surface area is 172 Å². The standard InChI is InChI=1S/C22H20FNO4S/c1-3-11-28-18-10-7-16(12-19(18)27-4-2)13-20-21(25)24(22(26)29-20)14-15-5-8-17(23)9-6-15/h3,5-10,12-13H,1,4,11,14H2,2H3/b20-13+. The molecule has 1 saturated heterocycles. The summed E-state index contributed by atoms with van der Waals surface area (Å²) in [7, 11) is 0. The van der Waals surface area contributed by atoms with Crippen LogP contribution in [-0.2, 0) is 11.3 Å². The average Bonchev–Trinajstić information content (AvgIpc) is 2.96. The minimum atomic E-state index is -0.380. The second-order valence-corrected chi connectivity index (χ2v) is 7.13. The summed E-state index contributed by atoms with van der Waals surface area (Å²) >= 11 is 0.875. The first kappa shape index (κ1) is 20.7. The number of carbonyl (C=O) groups is 2. The Morgan fingerprint density at radius 3 is 2.55 bits per heavy atom. The molecular weight excluding hydrogens is 393 g/mol. The van der Waals surface area contributed by atoms with Gasteiger partial charge in [0, 0.05) is 0 Å². The lowest BCUT2D eigenvalue weighted by Crippen LogP contribution is -2.27. The number of imide groups is 1. The van der Waals surface area contributed by atoms with Crippen molar-refractivity contribution in [1.82, 2.24) is 4.90 Å². The molecule has 2 aromatic rings. The fourth-order valence-electron chi connectivity index (χ4n) is 2.71. The summed E-state index contributed by atoms with van der Waals surface area (Å²) in [5.74, 6) is 0.379. The van der Waals surface area contributed by atoms with Crippen LogP contribution in [0, 0.1) is 5.82 Å². The summed E-state index contributed by atoms with van der Waals surface area (Å²) in [6.45, 7) is 6.40. The molecule has 2 amide bonds. The van der Waals surface area contributed by atoms with Gasteiger partial charge in [-0.2, -0.15) is 0 Å². The van der Waals surface area contributed by atoms with Crippen LogP contribution >= 0.6 is 11.8 Å². The third kappa shape index (κ3) is 5.06. The molecule has 1 aliphatic heterocycles. The van der Waals surface area contributed by atoms with Gasteiger partial charge in [-0.15, -0.1) is 0 Å². The fourth-order valence-corrected chi connectivity index (χ4v) is 3.55. The Bertz CT molecular complexity index is 956. The van der Waals surface area contributed by atoms with Crippen LogP contribution in [0.3, 0.4) is 0 Å². The smallest absolute Gasteiger partial charge is 0.293 e. The molecule has 0 aromatic heterocycles. The van der Waals surface area contributed by atoms with Gasteiger partial charge in [-0.05, 0) is 60.2 Å². The van der Waals surface area contributed by atoms with Gasteiger partial charge in [-0.25, -0.2) is 4.39 Å². The van der Waals surface area contributed by atoms with Crippen LogP contribution in [0.15, 0.2) is 60.0 Å². The molecule has 29 heavy (non-hydrogen) atoms. The second-order valence-electron chi connectivity index (χ2n) is 6.13. The van der Waals surface area contributed by atoms with Gasteiger partial charge in [0.2, 0.25) is 0 Å². The molecule has 150 valence electrons. The van der Waals surface area contributed by atoms with E-state index in [-0.39, 0.29) is 23.5 Å². The van der Waals surface area contributed by atoms with Gasteiger partial charge in [-0.3, -0.25) is 14.5 Å². The zero-order chi connectivity index (χ0) is 20.8. The normalized spacial score (nSPS) is 15.1. The number of carbonyl (C=O) groups excluding carboxylic acids is 2. The predicted molar refractivity (Wildman–Crippen MR) is 111 cm³/mol. The number of nitrogens with zero attached hydrogens (tertiary/aromatic N) is 1. The number of benzene rings is 2. The third-order valence-corrected chi connectivity index (χ3v) is 4.96. The largest absolute Gasteiger partial charge is 0.490 e. The maximum absolute atomic E-state index is 13.1. The van der Waals surface area contributed by atoms with Gasteiger partial charge in [0.15, 0.2) is 11.5 Å². The molecule has 3 rings (SSSR count). The van der Waals surface area contributed by atoms with Crippen molar-refractivity contribution in [2.75, 3.05) is 13.2 Å². The van der Waals surface area contributed by atoms with E-state index < -0.39 is 0 Å². The van der Waals surface area contributed by atoms with Crippen molar-refractivity contribution in [3.63, 3.8) is 0 Å². The third-order valence-electron chi connectivity index (χ3n) is 4.05. The van der Waals surface area contributed by atoms with E-state index in [1.165, 1.54) is 12.1 Å². The van der Waals surface area contributed by atoms with Gasteiger partial charge >= 0.3 is 0 Å². The molecule has 0 bridgehead atoms. The Balaban J connectivity index is 1.80. The number of halogens is 1. The van der Waals surface area contributed by atoms with E-state index in [2.05, 4.69) is 6.58 Å². The highest BCUT2D eigenvalue weighted by molar-refractivity contribution is 8.18. The molecule has 0 N–H and O–H groups in total. The van der Waals surface area contributed by atoms with Crippen molar-refractivity contribution < 1.29 is 23.5 Å². The Morgan fingerprint density at radius 2 is 1.86 bits per heavy atom. The topological polar surface area (TPSA) is 55.8 Å². The molecule has 0 aliphatic carbocycles. The van der Waals surface area contributed by atoms with Gasteiger partial charge in [0.1, 0.15) is 12.4 Å². The number of hydrogen-bond donors (Lipinski definition) is 0. The van der Waals surface area contributed by atoms with Crippen LogP contribution in [0.1, 0.15) is 18.1 Å². The Morgan fingerprint density at radius 1 is 1.10 bits per heavy atom. The quantitative estimate of drug-likeness (QED) is 0.449. The molecule has 1 heterocycles. The number of amides is 2. The van der Waals surface area contributed by atoms with Gasteiger partial charge < -0.3 is 9.47 Å². The zero-order valence-electron chi connectivity index (χ0n) is 15.9. The van der Waals surface area contributed by atoms with Gasteiger partial charge in [0.25, 0.3) is 11.1 Å². The van der Waals surface area contributed by atoms with E-state index in [1.807, 2.05) is 6.92 Å². The summed E-state index contributed by atoms with van der Waals surface area (Å²) in [5.41, 5.74) is 1.39. The maximum atomic E-state index is 13.1. The van der Waals surface area contributed by atoms with E-state index in [0.717, 1.165) is 16.7 Å².